The van der Waals surface area contributed by atoms with E-state index in [0.29, 0.717) is 0 Å². The van der Waals surface area contributed by atoms with Crippen LogP contribution in [-0.4, -0.2) is 85.0 Å². The summed E-state index contributed by atoms with van der Waals surface area (Å²) >= 11 is 0. The predicted molar refractivity (Wildman–Crippen MR) is 214 cm³/mol. The van der Waals surface area contributed by atoms with Gasteiger partial charge >= 0.3 is 0 Å². The van der Waals surface area contributed by atoms with Crippen LogP contribution in [0.3, 0.4) is 0 Å². The Bertz CT molecular complexity index is 1990. The summed E-state index contributed by atoms with van der Waals surface area (Å²) in [5.74, 6) is -2.11. The lowest BCUT2D eigenvalue weighted by molar-refractivity contribution is 0.589. The van der Waals surface area contributed by atoms with E-state index in [-0.39, 0.29) is 63.9 Å². The highest BCUT2D eigenvalue weighted by molar-refractivity contribution is 7.94. The molecule has 0 fully saturated rings. The molecule has 0 aliphatic heterocycles. The fourth-order valence-electron chi connectivity index (χ4n) is 4.08. The molecule has 0 aromatic heterocycles. The van der Waals surface area contributed by atoms with Crippen molar-refractivity contribution < 1.29 is 50.5 Å². The topological polar surface area (TPSA) is 205 Å². The van der Waals surface area contributed by atoms with Crippen LogP contribution in [0.25, 0.3) is 0 Å². The summed E-state index contributed by atoms with van der Waals surface area (Å²) in [6.45, 7) is 9.92. The van der Waals surface area contributed by atoms with Crippen LogP contribution in [-0.2, 0) is 59.0 Å². The summed E-state index contributed by atoms with van der Waals surface area (Å²) in [4.78, 5) is -1.99. The van der Waals surface area contributed by atoms with Crippen molar-refractivity contribution >= 4 is 59.0 Å². The number of sulfone groups is 6. The van der Waals surface area contributed by atoms with E-state index in [1.54, 1.807) is 78.0 Å². The second-order valence-corrected chi connectivity index (χ2v) is 23.6. The first kappa shape index (κ1) is 48.6. The Hall–Kier alpha value is -3.42. The Balaban J connectivity index is 0.000000540. The van der Waals surface area contributed by atoms with Gasteiger partial charge in [0, 0.05) is 0 Å². The second-order valence-electron chi connectivity index (χ2n) is 11.4. The van der Waals surface area contributed by atoms with Gasteiger partial charge in [-0.25, -0.2) is 50.5 Å². The third-order valence-corrected chi connectivity index (χ3v) is 16.7. The molecule has 0 heterocycles. The molecule has 2 aromatic rings. The van der Waals surface area contributed by atoms with E-state index in [0.717, 1.165) is 36.4 Å². The van der Waals surface area contributed by atoms with Gasteiger partial charge in [-0.2, -0.15) is 0 Å². The highest BCUT2D eigenvalue weighted by atomic mass is 32.2. The molecular formula is C36H48O12S6. The summed E-state index contributed by atoms with van der Waals surface area (Å²) in [6.07, 6.45) is 17.7. The largest absolute Gasteiger partial charge is 0.223 e. The highest BCUT2D eigenvalue weighted by Gasteiger charge is 2.26. The molecule has 0 aliphatic carbocycles. The highest BCUT2D eigenvalue weighted by Crippen LogP contribution is 2.27. The van der Waals surface area contributed by atoms with Crippen molar-refractivity contribution in [2.24, 2.45) is 0 Å². The summed E-state index contributed by atoms with van der Waals surface area (Å²) in [5.41, 5.74) is 0. The maximum atomic E-state index is 12.5. The van der Waals surface area contributed by atoms with Gasteiger partial charge in [0.15, 0.2) is 59.0 Å². The molecule has 300 valence electrons. The van der Waals surface area contributed by atoms with Gasteiger partial charge in [-0.15, -0.1) is 0 Å². The maximum Gasteiger partial charge on any atom is 0.181 e. The van der Waals surface area contributed by atoms with Crippen LogP contribution in [0.1, 0.15) is 41.5 Å². The molecule has 0 aliphatic rings. The van der Waals surface area contributed by atoms with Crippen molar-refractivity contribution in [3.8, 4) is 0 Å². The zero-order valence-electron chi connectivity index (χ0n) is 31.0. The van der Waals surface area contributed by atoms with Gasteiger partial charge in [0.1, 0.15) is 0 Å². The molecule has 54 heavy (non-hydrogen) atoms. The lowest BCUT2D eigenvalue weighted by Gasteiger charge is -2.10. The number of hydrogen-bond acceptors (Lipinski definition) is 12. The van der Waals surface area contributed by atoms with Crippen molar-refractivity contribution in [3.05, 3.63) is 109 Å². The van der Waals surface area contributed by atoms with E-state index in [9.17, 15) is 50.5 Å². The molecule has 18 heteroatoms. The Morgan fingerprint density at radius 3 is 0.481 bits per heavy atom. The number of hydrogen-bond donors (Lipinski definition) is 0. The van der Waals surface area contributed by atoms with Gasteiger partial charge in [0.2, 0.25) is 0 Å². The fraction of sp³-hybridized carbons (Fsp3) is 0.333. The van der Waals surface area contributed by atoms with Crippen LogP contribution in [0.4, 0.5) is 0 Å². The smallest absolute Gasteiger partial charge is 0.181 e. The Morgan fingerprint density at radius 1 is 0.278 bits per heavy atom. The number of rotatable bonds is 18. The van der Waals surface area contributed by atoms with Gasteiger partial charge in [0.25, 0.3) is 0 Å². The molecule has 0 saturated carbocycles. The lowest BCUT2D eigenvalue weighted by atomic mass is 10.4. The number of allylic oxidation sites excluding steroid dienone is 6. The van der Waals surface area contributed by atoms with Gasteiger partial charge < -0.3 is 0 Å². The summed E-state index contributed by atoms with van der Waals surface area (Å²) < 4.78 is 150. The summed E-state index contributed by atoms with van der Waals surface area (Å²) in [5, 5.41) is 0. The zero-order chi connectivity index (χ0) is 41.4. The van der Waals surface area contributed by atoms with E-state index in [1.165, 1.54) is 36.5 Å². The summed E-state index contributed by atoms with van der Waals surface area (Å²) in [7, 11) is -23.3. The SMILES string of the molecule is CC=CCS(=O)(=O)c1cc(S(=O)(=O)CC=CC)cc(S(=O)(=O)CC=CC)c1.CC=CCS(=O)(=O)c1cc(S(=O)(=O)CC=CC)cc(S(=O)(=O)CC=CC)c1. The minimum absolute atomic E-state index is 0.332. The molecule has 0 unspecified atom stereocenters. The minimum atomic E-state index is -3.88. The average molecular weight is 865 g/mol. The summed E-state index contributed by atoms with van der Waals surface area (Å²) in [6, 6.07) is 6.12. The van der Waals surface area contributed by atoms with Crippen LogP contribution in [0.15, 0.2) is 139 Å². The molecule has 2 aromatic carbocycles. The quantitative estimate of drug-likeness (QED) is 0.171. The molecule has 2 rings (SSSR count). The van der Waals surface area contributed by atoms with Crippen LogP contribution in [0, 0.1) is 0 Å². The second kappa shape index (κ2) is 21.0. The van der Waals surface area contributed by atoms with Crippen LogP contribution >= 0.6 is 0 Å². The Labute approximate surface area is 322 Å². The van der Waals surface area contributed by atoms with Crippen molar-refractivity contribution in [1.82, 2.24) is 0 Å². The first-order valence-corrected chi connectivity index (χ1v) is 26.2. The van der Waals surface area contributed by atoms with E-state index < -0.39 is 59.0 Å². The monoisotopic (exact) mass is 864 g/mol. The van der Waals surface area contributed by atoms with Crippen molar-refractivity contribution in [3.63, 3.8) is 0 Å². The van der Waals surface area contributed by atoms with Crippen LogP contribution in [0.5, 0.6) is 0 Å². The third-order valence-electron chi connectivity index (χ3n) is 7.17. The van der Waals surface area contributed by atoms with Crippen molar-refractivity contribution in [1.29, 1.82) is 0 Å². The Morgan fingerprint density at radius 2 is 0.389 bits per heavy atom. The predicted octanol–water partition coefficient (Wildman–Crippen LogP) is 5.47. The molecule has 0 atom stereocenters. The molecule has 0 saturated heterocycles. The third kappa shape index (κ3) is 14.7. The standard InChI is InChI=1S/2C18H24O6S3/c2*1-4-7-10-25(19,20)16-13-17(26(21,22)11-8-5-2)15-18(14-16)27(23,24)12-9-6-3/h2*4-9,13-15H,10-12H2,1-3H3. The molecule has 0 amide bonds. The first-order chi connectivity index (χ1) is 25.0. The zero-order valence-corrected chi connectivity index (χ0v) is 35.9. The molecular weight excluding hydrogens is 817 g/mol. The van der Waals surface area contributed by atoms with E-state index in [2.05, 4.69) is 0 Å². The normalized spacial score (nSPS) is 13.9. The molecule has 12 nitrogen and oxygen atoms in total. The van der Waals surface area contributed by atoms with Crippen molar-refractivity contribution in [2.75, 3.05) is 34.5 Å². The van der Waals surface area contributed by atoms with E-state index in [4.69, 9.17) is 0 Å². The average Bonchev–Trinajstić information content (AvgIpc) is 3.12. The molecule has 0 N–H and O–H groups in total. The number of benzene rings is 2. The first-order valence-electron chi connectivity index (χ1n) is 16.3. The van der Waals surface area contributed by atoms with Gasteiger partial charge in [-0.1, -0.05) is 72.9 Å². The van der Waals surface area contributed by atoms with Gasteiger partial charge in [-0.3, -0.25) is 0 Å². The molecule has 0 spiro atoms. The molecule has 0 bridgehead atoms. The van der Waals surface area contributed by atoms with E-state index >= 15 is 0 Å². The minimum Gasteiger partial charge on any atom is -0.223 e. The lowest BCUT2D eigenvalue weighted by Crippen LogP contribution is -2.13. The van der Waals surface area contributed by atoms with Gasteiger partial charge in [-0.05, 0) is 77.9 Å². The molecule has 0 radical (unpaired) electrons. The Kier molecular flexibility index (Phi) is 18.9. The van der Waals surface area contributed by atoms with Gasteiger partial charge in [0.05, 0.1) is 63.9 Å². The van der Waals surface area contributed by atoms with Crippen LogP contribution < -0.4 is 0 Å². The van der Waals surface area contributed by atoms with Crippen LogP contribution in [0.2, 0.25) is 0 Å². The van der Waals surface area contributed by atoms with Crippen molar-refractivity contribution in [2.45, 2.75) is 70.9 Å². The fourth-order valence-corrected chi connectivity index (χ4v) is 12.0. The van der Waals surface area contributed by atoms with E-state index in [1.807, 2.05) is 0 Å². The maximum absolute atomic E-state index is 12.5.